The number of carboxylic acid groups (broad SMARTS) is 1. The van der Waals surface area contributed by atoms with Crippen LogP contribution in [0.3, 0.4) is 0 Å². The molecule has 210 valence electrons. The summed E-state index contributed by atoms with van der Waals surface area (Å²) in [5, 5.41) is 21.7. The molecule has 3 heterocycles. The summed E-state index contributed by atoms with van der Waals surface area (Å²) >= 11 is 0. The summed E-state index contributed by atoms with van der Waals surface area (Å²) in [6.45, 7) is 2.94. The minimum Gasteiger partial charge on any atom is -0.575 e. The van der Waals surface area contributed by atoms with Crippen LogP contribution in [0.5, 0.6) is 17.4 Å². The van der Waals surface area contributed by atoms with Crippen LogP contribution in [0.25, 0.3) is 21.9 Å². The Morgan fingerprint density at radius 1 is 1.35 bits per heavy atom. The van der Waals surface area contributed by atoms with Gasteiger partial charge in [-0.25, -0.2) is 9.78 Å². The number of aliphatic carboxylic acids is 1. The van der Waals surface area contributed by atoms with Gasteiger partial charge >= 0.3 is 14.1 Å². The van der Waals surface area contributed by atoms with E-state index in [0.29, 0.717) is 16.6 Å². The van der Waals surface area contributed by atoms with Crippen LogP contribution >= 0.6 is 8.17 Å². The van der Waals surface area contributed by atoms with Gasteiger partial charge in [-0.3, -0.25) is 9.09 Å². The van der Waals surface area contributed by atoms with Gasteiger partial charge in [-0.2, -0.15) is 9.97 Å². The van der Waals surface area contributed by atoms with Crippen molar-refractivity contribution in [2.24, 2.45) is 4.74 Å². The van der Waals surface area contributed by atoms with Gasteiger partial charge in [0.15, 0.2) is 29.2 Å². The number of nitrogens with zero attached hydrogens (tertiary/aromatic N) is 5. The van der Waals surface area contributed by atoms with Gasteiger partial charge in [0, 0.05) is 11.8 Å². The molecule has 5 atom stereocenters. The molecule has 1 aliphatic rings. The number of methoxy groups -OCH3 is 1. The van der Waals surface area contributed by atoms with Crippen LogP contribution in [0.2, 0.25) is 0 Å². The van der Waals surface area contributed by atoms with E-state index in [1.807, 2.05) is 18.2 Å². The molecule has 2 aromatic carbocycles. The van der Waals surface area contributed by atoms with Gasteiger partial charge in [-0.05, 0) is 25.3 Å². The quantitative estimate of drug-likeness (QED) is 0.249. The van der Waals surface area contributed by atoms with Gasteiger partial charge in [0.05, 0.1) is 19.5 Å². The number of rotatable bonds is 9. The minimum absolute atomic E-state index is 0.00782. The molecule has 4 aromatic rings. The fourth-order valence-corrected chi connectivity index (χ4v) is 5.30. The van der Waals surface area contributed by atoms with Crippen molar-refractivity contribution in [1.82, 2.24) is 19.5 Å². The third kappa shape index (κ3) is 5.34. The maximum absolute atomic E-state index is 12.6. The second-order valence-corrected chi connectivity index (χ2v) is 10.4. The normalized spacial score (nSPS) is 22.0. The monoisotopic (exact) mass is 570 g/mol. The smallest absolute Gasteiger partial charge is 0.395 e. The highest BCUT2D eigenvalue weighted by atomic mass is 31.1. The molecule has 15 heteroatoms. The molecule has 4 N–H and O–H groups in total. The predicted molar refractivity (Wildman–Crippen MR) is 142 cm³/mol. The van der Waals surface area contributed by atoms with E-state index >= 15 is 0 Å². The fourth-order valence-electron chi connectivity index (χ4n) is 4.53. The number of hydrogen-bond donors (Lipinski definition) is 3. The zero-order valence-corrected chi connectivity index (χ0v) is 22.7. The Kier molecular flexibility index (Phi) is 7.43. The van der Waals surface area contributed by atoms with E-state index in [9.17, 15) is 14.8 Å². The van der Waals surface area contributed by atoms with Crippen molar-refractivity contribution in [2.75, 3.05) is 19.5 Å². The van der Waals surface area contributed by atoms with E-state index in [1.165, 1.54) is 20.4 Å². The topological polar surface area (TPSA) is 199 Å². The molecule has 0 bridgehead atoms. The molecule has 0 aliphatic carbocycles. The molecule has 0 amide bonds. The van der Waals surface area contributed by atoms with E-state index in [4.69, 9.17) is 29.6 Å². The van der Waals surface area contributed by atoms with E-state index in [1.54, 1.807) is 29.7 Å². The fraction of sp³-hybridized carbons (Fsp3) is 0.360. The maximum Gasteiger partial charge on any atom is 0.395 e. The average Bonchev–Trinajstić information content (AvgIpc) is 3.46. The maximum atomic E-state index is 12.6. The van der Waals surface area contributed by atoms with Gasteiger partial charge in [-0.1, -0.05) is 35.1 Å². The first-order valence-corrected chi connectivity index (χ1v) is 13.4. The number of fused-ring (bicyclic) bond motifs is 2. The molecule has 0 saturated carbocycles. The van der Waals surface area contributed by atoms with Crippen molar-refractivity contribution in [3.05, 3.63) is 42.7 Å². The molecule has 5 rings (SSSR count). The van der Waals surface area contributed by atoms with Crippen LogP contribution in [-0.4, -0.2) is 67.2 Å². The van der Waals surface area contributed by atoms with Crippen molar-refractivity contribution in [3.8, 4) is 17.4 Å². The van der Waals surface area contributed by atoms with E-state index in [-0.39, 0.29) is 36.4 Å². The summed E-state index contributed by atoms with van der Waals surface area (Å²) in [6.07, 6.45) is 0.238. The van der Waals surface area contributed by atoms with Gasteiger partial charge in [0.25, 0.3) is 0 Å². The molecule has 0 spiro atoms. The number of benzene rings is 2. The number of anilines is 1. The van der Waals surface area contributed by atoms with E-state index in [2.05, 4.69) is 19.7 Å². The molecule has 14 nitrogen and oxygen atoms in total. The Hall–Kier alpha value is -4.10. The molecular formula is C25H27N6O8P. The van der Waals surface area contributed by atoms with Crippen LogP contribution in [0.1, 0.15) is 26.5 Å². The minimum atomic E-state index is -2.71. The van der Waals surface area contributed by atoms with E-state index in [0.717, 1.165) is 5.39 Å². The number of imidazole rings is 1. The van der Waals surface area contributed by atoms with Crippen LogP contribution in [-0.2, 0) is 9.53 Å². The highest BCUT2D eigenvalue weighted by molar-refractivity contribution is 7.34. The van der Waals surface area contributed by atoms with Crippen LogP contribution in [0.15, 0.2) is 47.5 Å². The van der Waals surface area contributed by atoms with Crippen LogP contribution in [0, 0.1) is 0 Å². The first-order valence-electron chi connectivity index (χ1n) is 12.2. The Balaban J connectivity index is 1.39. The number of carboxylic acids is 1. The van der Waals surface area contributed by atoms with Gasteiger partial charge in [0.2, 0.25) is 17.6 Å². The lowest BCUT2D eigenvalue weighted by Crippen LogP contribution is -2.32. The van der Waals surface area contributed by atoms with Gasteiger partial charge in [-0.15, -0.1) is 0 Å². The van der Waals surface area contributed by atoms with Crippen LogP contribution < -0.4 is 24.6 Å². The Bertz CT molecular complexity index is 1610. The van der Waals surface area contributed by atoms with Crippen molar-refractivity contribution in [3.63, 3.8) is 0 Å². The second kappa shape index (κ2) is 10.8. The van der Waals surface area contributed by atoms with Crippen molar-refractivity contribution in [2.45, 2.75) is 44.2 Å². The standard InChI is InChI=1S/C25H27N6O8P/c1-13(22(32)33)30-40(35)39-19-16-7-5-4-6-14(16)8-9-17(19)37-11-15-10-25(2,34)23(38-15)31-12-27-18-20(31)28-24(26)29-21(18)36-3/h4-9,12-13,15,23,34H,10-11H2,1-3H3,(H,32,33)(H2,26,28,29)/t13?,15-,23?,25+/m0/s1. The summed E-state index contributed by atoms with van der Waals surface area (Å²) in [5.41, 5.74) is 5.21. The number of ether oxygens (including phenoxy) is 3. The second-order valence-electron chi connectivity index (χ2n) is 9.47. The predicted octanol–water partition coefficient (Wildman–Crippen LogP) is 2.40. The van der Waals surface area contributed by atoms with Gasteiger partial charge in [0.1, 0.15) is 12.2 Å². The lowest BCUT2D eigenvalue weighted by atomic mass is 10.0. The highest BCUT2D eigenvalue weighted by Crippen LogP contribution is 2.42. The Morgan fingerprint density at radius 3 is 2.88 bits per heavy atom. The number of carbonyl (C=O) groups is 1. The molecule has 40 heavy (non-hydrogen) atoms. The average molecular weight is 570 g/mol. The van der Waals surface area contributed by atoms with Crippen molar-refractivity contribution >= 4 is 42.0 Å². The SMILES string of the molecule is COc1nc(N)nc2c1ncn2C1O[C@H](COc2ccc3ccccc3c2O/[P+]([O-])=N/C(C)C(=O)O)C[C@@]1(C)O. The number of nitrogen functional groups attached to an aromatic ring is 1. The van der Waals surface area contributed by atoms with Crippen molar-refractivity contribution < 1.29 is 38.6 Å². The first-order chi connectivity index (χ1) is 19.1. The number of aromatic nitrogens is 4. The molecule has 1 aliphatic heterocycles. The largest absolute Gasteiger partial charge is 0.575 e. The molecule has 1 fully saturated rings. The summed E-state index contributed by atoms with van der Waals surface area (Å²) in [4.78, 5) is 36.3. The molecule has 0 radical (unpaired) electrons. The molecular weight excluding hydrogens is 543 g/mol. The molecule has 3 unspecified atom stereocenters. The number of nitrogens with two attached hydrogens (primary N) is 1. The first kappa shape index (κ1) is 27.5. The summed E-state index contributed by atoms with van der Waals surface area (Å²) in [7, 11) is -1.27. The lowest BCUT2D eigenvalue weighted by Gasteiger charge is -2.24. The lowest BCUT2D eigenvalue weighted by molar-refractivity contribution is -0.169. The Morgan fingerprint density at radius 2 is 2.12 bits per heavy atom. The third-order valence-electron chi connectivity index (χ3n) is 6.41. The third-order valence-corrected chi connectivity index (χ3v) is 7.28. The molecule has 1 saturated heterocycles. The highest BCUT2D eigenvalue weighted by Gasteiger charge is 2.46. The molecule has 2 aromatic heterocycles. The number of hydrogen-bond acceptors (Lipinski definition) is 12. The Labute approximate surface area is 228 Å². The number of aliphatic hydroxyl groups is 1. The van der Waals surface area contributed by atoms with Crippen LogP contribution in [0.4, 0.5) is 5.95 Å². The zero-order valence-electron chi connectivity index (χ0n) is 21.8. The van der Waals surface area contributed by atoms with E-state index < -0.39 is 38.1 Å². The summed E-state index contributed by atoms with van der Waals surface area (Å²) in [6, 6.07) is 9.48. The summed E-state index contributed by atoms with van der Waals surface area (Å²) in [5.74, 6) is -0.632. The van der Waals surface area contributed by atoms with Gasteiger partial charge < -0.3 is 35.1 Å². The van der Waals surface area contributed by atoms with Crippen molar-refractivity contribution in [1.29, 1.82) is 0 Å². The summed E-state index contributed by atoms with van der Waals surface area (Å²) < 4.78 is 28.3. The zero-order chi connectivity index (χ0) is 28.6.